The average molecular weight is 410 g/mol. The second-order valence-corrected chi connectivity index (χ2v) is 9.71. The van der Waals surface area contributed by atoms with Gasteiger partial charge in [0.05, 0.1) is 12.7 Å². The summed E-state index contributed by atoms with van der Waals surface area (Å²) in [4.78, 5) is 2.57. The molecule has 2 fully saturated rings. The van der Waals surface area contributed by atoms with Crippen molar-refractivity contribution in [2.45, 2.75) is 141 Å². The van der Waals surface area contributed by atoms with Gasteiger partial charge in [-0.3, -0.25) is 0 Å². The summed E-state index contributed by atoms with van der Waals surface area (Å²) in [5.41, 5.74) is 0. The van der Waals surface area contributed by atoms with Crippen LogP contribution >= 0.6 is 0 Å². The van der Waals surface area contributed by atoms with Crippen LogP contribution < -0.4 is 0 Å². The van der Waals surface area contributed by atoms with E-state index >= 15 is 0 Å². The van der Waals surface area contributed by atoms with Crippen LogP contribution in [0.25, 0.3) is 0 Å². The number of hydrogen-bond acceptors (Lipinski definition) is 3. The lowest BCUT2D eigenvalue weighted by atomic mass is 9.99. The Morgan fingerprint density at radius 1 is 0.690 bits per heavy atom. The third-order valence-corrected chi connectivity index (χ3v) is 6.90. The molecule has 0 aromatic carbocycles. The van der Waals surface area contributed by atoms with E-state index in [1.54, 1.807) is 0 Å². The Labute approximate surface area is 182 Å². The normalized spacial score (nSPS) is 21.9. The van der Waals surface area contributed by atoms with E-state index in [9.17, 15) is 0 Å². The summed E-state index contributed by atoms with van der Waals surface area (Å²) in [5.74, 6) is -0.267. The average Bonchev–Trinajstić information content (AvgIpc) is 3.38. The first-order chi connectivity index (χ1) is 14.3. The van der Waals surface area contributed by atoms with Gasteiger partial charge in [0.2, 0.25) is 0 Å². The monoisotopic (exact) mass is 409 g/mol. The summed E-state index contributed by atoms with van der Waals surface area (Å²) < 4.78 is 13.0. The van der Waals surface area contributed by atoms with Gasteiger partial charge in [0.1, 0.15) is 0 Å². The summed E-state index contributed by atoms with van der Waals surface area (Å²) in [5, 5.41) is 0. The van der Waals surface area contributed by atoms with Crippen LogP contribution in [0.4, 0.5) is 0 Å². The van der Waals surface area contributed by atoms with Crippen LogP contribution in [0.15, 0.2) is 0 Å². The van der Waals surface area contributed by atoms with Gasteiger partial charge in [-0.15, -0.1) is 0 Å². The number of ether oxygens (including phenoxy) is 2. The fourth-order valence-corrected chi connectivity index (χ4v) is 5.05. The van der Waals surface area contributed by atoms with Gasteiger partial charge < -0.3 is 14.4 Å². The van der Waals surface area contributed by atoms with Gasteiger partial charge in [0, 0.05) is 19.4 Å². The zero-order valence-corrected chi connectivity index (χ0v) is 19.9. The SMILES string of the molecule is CCCCCCCCCC1(CCCCCCCCC)OCC(CN2CCCC2)O1. The van der Waals surface area contributed by atoms with Crippen molar-refractivity contribution in [3.8, 4) is 0 Å². The molecule has 0 aliphatic carbocycles. The molecule has 0 aromatic heterocycles. The standard InChI is InChI=1S/C26H51NO2/c1-3-5-7-9-11-13-15-19-26(20-16-14-12-10-8-6-4-2)28-24-25(29-26)23-27-21-17-18-22-27/h25H,3-24H2,1-2H3. The van der Waals surface area contributed by atoms with Gasteiger partial charge >= 0.3 is 0 Å². The van der Waals surface area contributed by atoms with Crippen molar-refractivity contribution in [2.24, 2.45) is 0 Å². The van der Waals surface area contributed by atoms with Gasteiger partial charge in [-0.2, -0.15) is 0 Å². The van der Waals surface area contributed by atoms with Crippen molar-refractivity contribution in [3.05, 3.63) is 0 Å². The number of rotatable bonds is 18. The summed E-state index contributed by atoms with van der Waals surface area (Å²) in [7, 11) is 0. The van der Waals surface area contributed by atoms with Crippen LogP contribution in [0.2, 0.25) is 0 Å². The van der Waals surface area contributed by atoms with E-state index in [-0.39, 0.29) is 5.79 Å². The summed E-state index contributed by atoms with van der Waals surface area (Å²) >= 11 is 0. The van der Waals surface area contributed by atoms with E-state index in [0.717, 1.165) is 26.0 Å². The van der Waals surface area contributed by atoms with E-state index in [2.05, 4.69) is 18.7 Å². The molecule has 29 heavy (non-hydrogen) atoms. The minimum absolute atomic E-state index is 0.267. The highest BCUT2D eigenvalue weighted by Crippen LogP contribution is 2.35. The zero-order chi connectivity index (χ0) is 20.6. The van der Waals surface area contributed by atoms with Crippen molar-refractivity contribution >= 4 is 0 Å². The van der Waals surface area contributed by atoms with E-state index < -0.39 is 0 Å². The highest BCUT2D eigenvalue weighted by Gasteiger charge is 2.41. The smallest absolute Gasteiger partial charge is 0.168 e. The van der Waals surface area contributed by atoms with Crippen molar-refractivity contribution < 1.29 is 9.47 Å². The third kappa shape index (κ3) is 10.6. The minimum atomic E-state index is -0.267. The predicted molar refractivity (Wildman–Crippen MR) is 124 cm³/mol. The fourth-order valence-electron chi connectivity index (χ4n) is 5.05. The van der Waals surface area contributed by atoms with Crippen LogP contribution in [0.3, 0.4) is 0 Å². The molecule has 3 nitrogen and oxygen atoms in total. The molecule has 2 saturated heterocycles. The molecule has 3 heteroatoms. The first-order valence-electron chi connectivity index (χ1n) is 13.3. The topological polar surface area (TPSA) is 21.7 Å². The Morgan fingerprint density at radius 3 is 1.69 bits per heavy atom. The number of likely N-dealkylation sites (tertiary alicyclic amines) is 1. The maximum Gasteiger partial charge on any atom is 0.168 e. The summed E-state index contributed by atoms with van der Waals surface area (Å²) in [6.45, 7) is 8.98. The number of unbranched alkanes of at least 4 members (excludes halogenated alkanes) is 12. The Hall–Kier alpha value is -0.120. The van der Waals surface area contributed by atoms with Crippen molar-refractivity contribution in [2.75, 3.05) is 26.2 Å². The molecule has 2 heterocycles. The lowest BCUT2D eigenvalue weighted by Gasteiger charge is -2.29. The van der Waals surface area contributed by atoms with Gasteiger partial charge in [-0.1, -0.05) is 90.9 Å². The number of hydrogen-bond donors (Lipinski definition) is 0. The van der Waals surface area contributed by atoms with E-state index in [4.69, 9.17) is 9.47 Å². The largest absolute Gasteiger partial charge is 0.347 e. The molecule has 0 radical (unpaired) electrons. The van der Waals surface area contributed by atoms with Gasteiger partial charge in [0.25, 0.3) is 0 Å². The van der Waals surface area contributed by atoms with E-state index in [0.29, 0.717) is 6.10 Å². The van der Waals surface area contributed by atoms with Crippen molar-refractivity contribution in [3.63, 3.8) is 0 Å². The molecule has 0 bridgehead atoms. The predicted octanol–water partition coefficient (Wildman–Crippen LogP) is 7.48. The van der Waals surface area contributed by atoms with Crippen LogP contribution in [0, 0.1) is 0 Å². The van der Waals surface area contributed by atoms with Gasteiger partial charge in [0.15, 0.2) is 5.79 Å². The van der Waals surface area contributed by atoms with Crippen molar-refractivity contribution in [1.29, 1.82) is 0 Å². The van der Waals surface area contributed by atoms with Gasteiger partial charge in [-0.25, -0.2) is 0 Å². The highest BCUT2D eigenvalue weighted by molar-refractivity contribution is 4.82. The van der Waals surface area contributed by atoms with Crippen LogP contribution in [-0.4, -0.2) is 43.0 Å². The first-order valence-corrected chi connectivity index (χ1v) is 13.3. The fraction of sp³-hybridized carbons (Fsp3) is 1.00. The van der Waals surface area contributed by atoms with E-state index in [1.165, 1.54) is 116 Å². The van der Waals surface area contributed by atoms with Crippen LogP contribution in [0.1, 0.15) is 129 Å². The summed E-state index contributed by atoms with van der Waals surface area (Å²) in [6, 6.07) is 0. The van der Waals surface area contributed by atoms with E-state index in [1.807, 2.05) is 0 Å². The molecule has 0 spiro atoms. The lowest BCUT2D eigenvalue weighted by molar-refractivity contribution is -0.180. The molecule has 172 valence electrons. The maximum atomic E-state index is 6.64. The van der Waals surface area contributed by atoms with Crippen molar-refractivity contribution in [1.82, 2.24) is 4.90 Å². The molecular weight excluding hydrogens is 358 g/mol. The zero-order valence-electron chi connectivity index (χ0n) is 19.9. The van der Waals surface area contributed by atoms with Crippen LogP contribution in [0.5, 0.6) is 0 Å². The molecule has 0 saturated carbocycles. The molecule has 0 N–H and O–H groups in total. The lowest BCUT2D eigenvalue weighted by Crippen LogP contribution is -2.35. The molecule has 1 unspecified atom stereocenters. The maximum absolute atomic E-state index is 6.64. The molecule has 2 aliphatic heterocycles. The Morgan fingerprint density at radius 2 is 1.17 bits per heavy atom. The second kappa shape index (κ2) is 15.6. The van der Waals surface area contributed by atoms with Crippen LogP contribution in [-0.2, 0) is 9.47 Å². The highest BCUT2D eigenvalue weighted by atomic mass is 16.7. The molecule has 2 aliphatic rings. The Kier molecular flexibility index (Phi) is 13.6. The quantitative estimate of drug-likeness (QED) is 0.219. The number of nitrogens with zero attached hydrogens (tertiary/aromatic N) is 1. The molecule has 2 rings (SSSR count). The Balaban J connectivity index is 1.68. The first kappa shape index (κ1) is 25.1. The molecule has 1 atom stereocenters. The third-order valence-electron chi connectivity index (χ3n) is 6.90. The minimum Gasteiger partial charge on any atom is -0.347 e. The van der Waals surface area contributed by atoms with Gasteiger partial charge in [-0.05, 0) is 38.8 Å². The Bertz CT molecular complexity index is 363. The summed E-state index contributed by atoms with van der Waals surface area (Å²) in [6.07, 6.45) is 24.3. The molecular formula is C26H51NO2. The molecule has 0 amide bonds. The molecule has 0 aromatic rings. The second-order valence-electron chi connectivity index (χ2n) is 9.71.